The molecule has 1 aliphatic heterocycles. The van der Waals surface area contributed by atoms with Crippen LogP contribution in [0.4, 0.5) is 10.5 Å². The van der Waals surface area contributed by atoms with Crippen molar-refractivity contribution in [1.82, 2.24) is 9.80 Å². The maximum absolute atomic E-state index is 12.8. The van der Waals surface area contributed by atoms with E-state index in [4.69, 9.17) is 11.6 Å². The molecule has 1 N–H and O–H groups in total. The lowest BCUT2D eigenvalue weighted by Crippen LogP contribution is -2.39. The predicted octanol–water partition coefficient (Wildman–Crippen LogP) is 4.65. The third-order valence-electron chi connectivity index (χ3n) is 4.78. The number of benzene rings is 1. The third kappa shape index (κ3) is 4.82. The molecular weight excluding hydrogens is 382 g/mol. The van der Waals surface area contributed by atoms with Gasteiger partial charge in [0, 0.05) is 41.8 Å². The Morgan fingerprint density at radius 3 is 2.44 bits per heavy atom. The molecule has 1 aromatic heterocycles. The number of rotatable bonds is 3. The van der Waals surface area contributed by atoms with Crippen LogP contribution in [0.15, 0.2) is 30.3 Å². The fraction of sp³-hybridized carbons (Fsp3) is 0.400. The first-order valence-electron chi connectivity index (χ1n) is 9.18. The number of amides is 3. The summed E-state index contributed by atoms with van der Waals surface area (Å²) in [6, 6.07) is 8.91. The van der Waals surface area contributed by atoms with Crippen molar-refractivity contribution in [2.24, 2.45) is 0 Å². The van der Waals surface area contributed by atoms with E-state index in [0.29, 0.717) is 36.9 Å². The zero-order valence-corrected chi connectivity index (χ0v) is 17.2. The summed E-state index contributed by atoms with van der Waals surface area (Å²) in [5.74, 6) is 0.0720. The minimum atomic E-state index is -0.146. The van der Waals surface area contributed by atoms with E-state index in [1.807, 2.05) is 11.0 Å². The van der Waals surface area contributed by atoms with Crippen LogP contribution in [0.2, 0.25) is 5.02 Å². The molecule has 2 heterocycles. The van der Waals surface area contributed by atoms with Crippen LogP contribution in [-0.2, 0) is 6.42 Å². The second-order valence-corrected chi connectivity index (χ2v) is 8.31. The van der Waals surface area contributed by atoms with Gasteiger partial charge in [0.05, 0.1) is 4.88 Å². The van der Waals surface area contributed by atoms with Gasteiger partial charge in [-0.1, -0.05) is 18.5 Å². The first kappa shape index (κ1) is 19.7. The number of urea groups is 1. The second kappa shape index (κ2) is 8.76. The minimum absolute atomic E-state index is 0.0720. The fourth-order valence-corrected chi connectivity index (χ4v) is 4.40. The summed E-state index contributed by atoms with van der Waals surface area (Å²) in [5.41, 5.74) is 1.95. The van der Waals surface area contributed by atoms with Crippen LogP contribution in [0.5, 0.6) is 0 Å². The van der Waals surface area contributed by atoms with Gasteiger partial charge in [0.1, 0.15) is 0 Å². The van der Waals surface area contributed by atoms with Crippen LogP contribution in [0.1, 0.15) is 33.5 Å². The number of anilines is 1. The van der Waals surface area contributed by atoms with Crippen molar-refractivity contribution in [3.05, 3.63) is 50.7 Å². The van der Waals surface area contributed by atoms with Crippen LogP contribution in [0, 0.1) is 6.92 Å². The quantitative estimate of drug-likeness (QED) is 0.807. The number of carbonyl (C=O) groups excluding carboxylic acids is 2. The Labute approximate surface area is 168 Å². The van der Waals surface area contributed by atoms with Crippen molar-refractivity contribution >= 4 is 40.6 Å². The standard InChI is InChI=1S/C20H24ClN3O2S/c1-3-15-13-18(27-14(15)2)19(25)23-9-4-10-24(12-11-23)20(26)22-17-7-5-16(21)6-8-17/h5-8,13H,3-4,9-12H2,1-2H3,(H,22,26). The van der Waals surface area contributed by atoms with E-state index < -0.39 is 0 Å². The molecule has 0 atom stereocenters. The zero-order valence-electron chi connectivity index (χ0n) is 15.6. The average Bonchev–Trinajstić information content (AvgIpc) is 2.88. The summed E-state index contributed by atoms with van der Waals surface area (Å²) in [6.45, 7) is 6.54. The molecule has 0 spiro atoms. The molecule has 5 nitrogen and oxygen atoms in total. The Morgan fingerprint density at radius 1 is 1.11 bits per heavy atom. The van der Waals surface area contributed by atoms with Crippen LogP contribution in [0.25, 0.3) is 0 Å². The number of hydrogen-bond acceptors (Lipinski definition) is 3. The molecular formula is C20H24ClN3O2S. The Kier molecular flexibility index (Phi) is 6.39. The molecule has 144 valence electrons. The number of thiophene rings is 1. The van der Waals surface area contributed by atoms with Crippen molar-refractivity contribution in [2.45, 2.75) is 26.7 Å². The molecule has 3 rings (SSSR count). The average molecular weight is 406 g/mol. The van der Waals surface area contributed by atoms with E-state index in [1.165, 1.54) is 10.4 Å². The summed E-state index contributed by atoms with van der Waals surface area (Å²) in [6.07, 6.45) is 1.71. The van der Waals surface area contributed by atoms with E-state index in [9.17, 15) is 9.59 Å². The van der Waals surface area contributed by atoms with Gasteiger partial charge in [0.25, 0.3) is 5.91 Å². The predicted molar refractivity (Wildman–Crippen MR) is 111 cm³/mol. The Morgan fingerprint density at radius 2 is 1.78 bits per heavy atom. The highest BCUT2D eigenvalue weighted by molar-refractivity contribution is 7.14. The molecule has 0 radical (unpaired) electrons. The summed E-state index contributed by atoms with van der Waals surface area (Å²) in [4.78, 5) is 31.0. The maximum atomic E-state index is 12.8. The van der Waals surface area contributed by atoms with Crippen molar-refractivity contribution in [2.75, 3.05) is 31.5 Å². The lowest BCUT2D eigenvalue weighted by Gasteiger charge is -2.22. The number of aryl methyl sites for hydroxylation is 2. The maximum Gasteiger partial charge on any atom is 0.321 e. The van der Waals surface area contributed by atoms with Crippen LogP contribution in [0.3, 0.4) is 0 Å². The molecule has 0 saturated carbocycles. The van der Waals surface area contributed by atoms with E-state index in [-0.39, 0.29) is 11.9 Å². The van der Waals surface area contributed by atoms with Gasteiger partial charge in [0.2, 0.25) is 0 Å². The zero-order chi connectivity index (χ0) is 19.4. The third-order valence-corrected chi connectivity index (χ3v) is 6.11. The fourth-order valence-electron chi connectivity index (χ4n) is 3.19. The Hall–Kier alpha value is -2.05. The number of carbonyl (C=O) groups is 2. The molecule has 0 unspecified atom stereocenters. The van der Waals surface area contributed by atoms with E-state index in [2.05, 4.69) is 19.2 Å². The smallest absolute Gasteiger partial charge is 0.321 e. The van der Waals surface area contributed by atoms with Crippen molar-refractivity contribution in [3.63, 3.8) is 0 Å². The van der Waals surface area contributed by atoms with Gasteiger partial charge in [-0.15, -0.1) is 11.3 Å². The summed E-state index contributed by atoms with van der Waals surface area (Å²) >= 11 is 7.44. The first-order valence-corrected chi connectivity index (χ1v) is 10.4. The molecule has 1 aliphatic rings. The molecule has 3 amide bonds. The molecule has 1 saturated heterocycles. The lowest BCUT2D eigenvalue weighted by atomic mass is 10.2. The molecule has 27 heavy (non-hydrogen) atoms. The monoisotopic (exact) mass is 405 g/mol. The van der Waals surface area contributed by atoms with Gasteiger partial charge >= 0.3 is 6.03 Å². The van der Waals surface area contributed by atoms with E-state index in [0.717, 1.165) is 17.7 Å². The molecule has 0 aliphatic carbocycles. The summed E-state index contributed by atoms with van der Waals surface area (Å²) in [5, 5.41) is 3.52. The van der Waals surface area contributed by atoms with Gasteiger partial charge in [-0.05, 0) is 55.7 Å². The molecule has 2 aromatic rings. The second-order valence-electron chi connectivity index (χ2n) is 6.62. The van der Waals surface area contributed by atoms with Crippen LogP contribution < -0.4 is 5.32 Å². The Bertz CT molecular complexity index is 819. The molecule has 1 fully saturated rings. The highest BCUT2D eigenvalue weighted by Gasteiger charge is 2.24. The number of nitrogens with one attached hydrogen (secondary N) is 1. The van der Waals surface area contributed by atoms with Crippen LogP contribution >= 0.6 is 22.9 Å². The number of halogens is 1. The van der Waals surface area contributed by atoms with E-state index in [1.54, 1.807) is 40.5 Å². The molecule has 1 aromatic carbocycles. The largest absolute Gasteiger partial charge is 0.336 e. The molecule has 0 bridgehead atoms. The van der Waals surface area contributed by atoms with Gasteiger partial charge in [-0.2, -0.15) is 0 Å². The summed E-state index contributed by atoms with van der Waals surface area (Å²) < 4.78 is 0. The first-order chi connectivity index (χ1) is 13.0. The normalized spacial score (nSPS) is 14.8. The lowest BCUT2D eigenvalue weighted by molar-refractivity contribution is 0.0767. The minimum Gasteiger partial charge on any atom is -0.336 e. The summed E-state index contributed by atoms with van der Waals surface area (Å²) in [7, 11) is 0. The highest BCUT2D eigenvalue weighted by Crippen LogP contribution is 2.24. The van der Waals surface area contributed by atoms with Crippen LogP contribution in [-0.4, -0.2) is 47.9 Å². The van der Waals surface area contributed by atoms with Gasteiger partial charge in [0.15, 0.2) is 0 Å². The van der Waals surface area contributed by atoms with Gasteiger partial charge < -0.3 is 15.1 Å². The molecule has 7 heteroatoms. The van der Waals surface area contributed by atoms with Crippen molar-refractivity contribution < 1.29 is 9.59 Å². The number of nitrogens with zero attached hydrogens (tertiary/aromatic N) is 2. The van der Waals surface area contributed by atoms with Crippen molar-refractivity contribution in [1.29, 1.82) is 0 Å². The van der Waals surface area contributed by atoms with Gasteiger partial charge in [-0.25, -0.2) is 4.79 Å². The van der Waals surface area contributed by atoms with Crippen molar-refractivity contribution in [3.8, 4) is 0 Å². The SMILES string of the molecule is CCc1cc(C(=O)N2CCCN(C(=O)Nc3ccc(Cl)cc3)CC2)sc1C. The van der Waals surface area contributed by atoms with Gasteiger partial charge in [-0.3, -0.25) is 4.79 Å². The topological polar surface area (TPSA) is 52.7 Å². The Balaban J connectivity index is 1.60. The number of hydrogen-bond donors (Lipinski definition) is 1. The van der Waals surface area contributed by atoms with E-state index >= 15 is 0 Å². The highest BCUT2D eigenvalue weighted by atomic mass is 35.5.